The van der Waals surface area contributed by atoms with Gasteiger partial charge in [0.05, 0.1) is 32.2 Å². The van der Waals surface area contributed by atoms with Crippen molar-refractivity contribution in [3.8, 4) is 11.6 Å². The molecule has 21 heavy (non-hydrogen) atoms. The van der Waals surface area contributed by atoms with E-state index in [1.54, 1.807) is 0 Å². The Balaban J connectivity index is 2.38. The standard InChI is InChI=1S/C12H6BrClN2O5/c13-8-2-1-6(16(19)20)3-10(8)21-11-4-7(12(17)18)9(14)5-15-11/h1-5H,(H,17,18). The summed E-state index contributed by atoms with van der Waals surface area (Å²) in [6.45, 7) is 0. The van der Waals surface area contributed by atoms with Gasteiger partial charge in [-0.05, 0) is 22.0 Å². The first kappa shape index (κ1) is 15.2. The number of carboxylic acids is 1. The van der Waals surface area contributed by atoms with E-state index in [1.807, 2.05) is 0 Å². The fourth-order valence-corrected chi connectivity index (χ4v) is 1.95. The van der Waals surface area contributed by atoms with E-state index in [0.29, 0.717) is 4.47 Å². The fraction of sp³-hybridized carbons (Fsp3) is 0. The summed E-state index contributed by atoms with van der Waals surface area (Å²) in [5.74, 6) is -1.14. The summed E-state index contributed by atoms with van der Waals surface area (Å²) in [5, 5.41) is 19.7. The summed E-state index contributed by atoms with van der Waals surface area (Å²) in [6, 6.07) is 5.08. The molecule has 2 rings (SSSR count). The second-order valence-corrected chi connectivity index (χ2v) is 5.04. The number of rotatable bonds is 4. The molecule has 1 heterocycles. The minimum atomic E-state index is -1.23. The Morgan fingerprint density at radius 1 is 1.43 bits per heavy atom. The number of carbonyl (C=O) groups is 1. The molecule has 7 nitrogen and oxygen atoms in total. The van der Waals surface area contributed by atoms with Gasteiger partial charge in [0, 0.05) is 12.1 Å². The Morgan fingerprint density at radius 2 is 2.14 bits per heavy atom. The number of hydrogen-bond acceptors (Lipinski definition) is 5. The Morgan fingerprint density at radius 3 is 2.76 bits per heavy atom. The molecule has 9 heteroatoms. The summed E-state index contributed by atoms with van der Waals surface area (Å²) in [7, 11) is 0. The van der Waals surface area contributed by atoms with Gasteiger partial charge in [-0.2, -0.15) is 0 Å². The van der Waals surface area contributed by atoms with Crippen molar-refractivity contribution in [2.24, 2.45) is 0 Å². The third kappa shape index (κ3) is 3.47. The third-order valence-electron chi connectivity index (χ3n) is 2.40. The smallest absolute Gasteiger partial charge is 0.337 e. The van der Waals surface area contributed by atoms with Gasteiger partial charge in [0.1, 0.15) is 0 Å². The maximum absolute atomic E-state index is 11.0. The van der Waals surface area contributed by atoms with Crippen LogP contribution in [0.4, 0.5) is 5.69 Å². The van der Waals surface area contributed by atoms with E-state index < -0.39 is 10.9 Å². The van der Waals surface area contributed by atoms with E-state index in [1.165, 1.54) is 18.2 Å². The fourth-order valence-electron chi connectivity index (χ4n) is 1.44. The molecule has 0 radical (unpaired) electrons. The number of nitro groups is 1. The second kappa shape index (κ2) is 6.06. The maximum atomic E-state index is 11.0. The maximum Gasteiger partial charge on any atom is 0.337 e. The van der Waals surface area contributed by atoms with Crippen LogP contribution >= 0.6 is 27.5 Å². The molecule has 0 atom stereocenters. The number of halogens is 2. The second-order valence-electron chi connectivity index (χ2n) is 3.78. The van der Waals surface area contributed by atoms with Crippen LogP contribution in [0.5, 0.6) is 11.6 Å². The number of hydrogen-bond donors (Lipinski definition) is 1. The first-order chi connectivity index (χ1) is 9.88. The van der Waals surface area contributed by atoms with Crippen molar-refractivity contribution >= 4 is 39.2 Å². The van der Waals surface area contributed by atoms with E-state index in [9.17, 15) is 14.9 Å². The van der Waals surface area contributed by atoms with Gasteiger partial charge < -0.3 is 9.84 Å². The molecule has 0 aliphatic rings. The number of non-ortho nitro benzene ring substituents is 1. The van der Waals surface area contributed by atoms with Crippen LogP contribution < -0.4 is 4.74 Å². The Hall–Kier alpha value is -2.19. The van der Waals surface area contributed by atoms with Gasteiger partial charge in [0.25, 0.3) is 5.69 Å². The van der Waals surface area contributed by atoms with Crippen LogP contribution in [0.3, 0.4) is 0 Å². The SMILES string of the molecule is O=C(O)c1cc(Oc2cc([N+](=O)[O-])ccc2Br)ncc1Cl. The predicted octanol–water partition coefficient (Wildman–Crippen LogP) is 3.90. The number of aromatic nitrogens is 1. The minimum Gasteiger partial charge on any atom is -0.478 e. The number of nitro benzene ring substituents is 1. The summed E-state index contributed by atoms with van der Waals surface area (Å²) >= 11 is 8.88. The average molecular weight is 374 g/mol. The Labute approximate surface area is 131 Å². The molecular weight excluding hydrogens is 367 g/mol. The van der Waals surface area contributed by atoms with Gasteiger partial charge in [0.2, 0.25) is 5.88 Å². The summed E-state index contributed by atoms with van der Waals surface area (Å²) in [5.41, 5.74) is -0.344. The molecule has 0 amide bonds. The highest BCUT2D eigenvalue weighted by Gasteiger charge is 2.15. The molecular formula is C12H6BrClN2O5. The zero-order chi connectivity index (χ0) is 15.6. The van der Waals surface area contributed by atoms with Gasteiger partial charge in [-0.3, -0.25) is 10.1 Å². The van der Waals surface area contributed by atoms with Crippen LogP contribution in [0, 0.1) is 10.1 Å². The lowest BCUT2D eigenvalue weighted by Gasteiger charge is -2.08. The van der Waals surface area contributed by atoms with E-state index in [2.05, 4.69) is 20.9 Å². The highest BCUT2D eigenvalue weighted by atomic mass is 79.9. The highest BCUT2D eigenvalue weighted by Crippen LogP contribution is 2.33. The number of ether oxygens (including phenoxy) is 1. The van der Waals surface area contributed by atoms with E-state index >= 15 is 0 Å². The first-order valence-corrected chi connectivity index (χ1v) is 6.56. The highest BCUT2D eigenvalue weighted by molar-refractivity contribution is 9.10. The molecule has 108 valence electrons. The molecule has 1 N–H and O–H groups in total. The quantitative estimate of drug-likeness (QED) is 0.644. The van der Waals surface area contributed by atoms with Crippen molar-refractivity contribution in [1.29, 1.82) is 0 Å². The lowest BCUT2D eigenvalue weighted by molar-refractivity contribution is -0.384. The summed E-state index contributed by atoms with van der Waals surface area (Å²) < 4.78 is 5.82. The normalized spacial score (nSPS) is 10.2. The monoisotopic (exact) mass is 372 g/mol. The third-order valence-corrected chi connectivity index (χ3v) is 3.36. The van der Waals surface area contributed by atoms with Crippen LogP contribution in [-0.2, 0) is 0 Å². The lowest BCUT2D eigenvalue weighted by atomic mass is 10.2. The zero-order valence-electron chi connectivity index (χ0n) is 10.1. The number of pyridine rings is 1. The molecule has 0 spiro atoms. The largest absolute Gasteiger partial charge is 0.478 e. The molecule has 1 aromatic heterocycles. The van der Waals surface area contributed by atoms with Crippen molar-refractivity contribution in [1.82, 2.24) is 4.98 Å². The molecule has 0 saturated heterocycles. The number of nitrogens with zero attached hydrogens (tertiary/aromatic N) is 2. The van der Waals surface area contributed by atoms with Gasteiger partial charge >= 0.3 is 5.97 Å². The van der Waals surface area contributed by atoms with Gasteiger partial charge in [0.15, 0.2) is 5.75 Å². The molecule has 0 saturated carbocycles. The first-order valence-electron chi connectivity index (χ1n) is 5.39. The van der Waals surface area contributed by atoms with Gasteiger partial charge in [-0.25, -0.2) is 9.78 Å². The van der Waals surface area contributed by atoms with Crippen LogP contribution in [0.1, 0.15) is 10.4 Å². The number of carboxylic acid groups (broad SMARTS) is 1. The van der Waals surface area contributed by atoms with Crippen molar-refractivity contribution in [2.45, 2.75) is 0 Å². The Bertz CT molecular complexity index is 738. The van der Waals surface area contributed by atoms with E-state index in [0.717, 1.165) is 12.3 Å². The van der Waals surface area contributed by atoms with Crippen LogP contribution in [0.15, 0.2) is 34.9 Å². The van der Waals surface area contributed by atoms with Crippen molar-refractivity contribution in [3.63, 3.8) is 0 Å². The summed E-state index contributed by atoms with van der Waals surface area (Å²) in [4.78, 5) is 25.0. The molecule has 0 bridgehead atoms. The van der Waals surface area contributed by atoms with Crippen LogP contribution in [0.25, 0.3) is 0 Å². The molecule has 1 aromatic carbocycles. The molecule has 2 aromatic rings. The Kier molecular flexibility index (Phi) is 4.39. The van der Waals surface area contributed by atoms with E-state index in [4.69, 9.17) is 21.4 Å². The molecule has 0 aliphatic carbocycles. The van der Waals surface area contributed by atoms with Crippen molar-refractivity contribution in [3.05, 3.63) is 55.6 Å². The lowest BCUT2D eigenvalue weighted by Crippen LogP contribution is -2.00. The van der Waals surface area contributed by atoms with Crippen LogP contribution in [-0.4, -0.2) is 21.0 Å². The minimum absolute atomic E-state index is 0.0343. The van der Waals surface area contributed by atoms with Crippen molar-refractivity contribution in [2.75, 3.05) is 0 Å². The number of aromatic carboxylic acids is 1. The van der Waals surface area contributed by atoms with Crippen molar-refractivity contribution < 1.29 is 19.6 Å². The average Bonchev–Trinajstić information content (AvgIpc) is 2.42. The molecule has 0 unspecified atom stereocenters. The van der Waals surface area contributed by atoms with Gasteiger partial charge in [-0.1, -0.05) is 11.6 Å². The summed E-state index contributed by atoms with van der Waals surface area (Å²) in [6.07, 6.45) is 1.13. The zero-order valence-corrected chi connectivity index (χ0v) is 12.5. The predicted molar refractivity (Wildman–Crippen MR) is 77.1 cm³/mol. The van der Waals surface area contributed by atoms with E-state index in [-0.39, 0.29) is 27.9 Å². The molecule has 0 fully saturated rings. The van der Waals surface area contributed by atoms with Gasteiger partial charge in [-0.15, -0.1) is 0 Å². The topological polar surface area (TPSA) is 103 Å². The molecule has 0 aliphatic heterocycles. The van der Waals surface area contributed by atoms with Crippen LogP contribution in [0.2, 0.25) is 5.02 Å². The number of benzene rings is 1.